The fourth-order valence-corrected chi connectivity index (χ4v) is 2.69. The summed E-state index contributed by atoms with van der Waals surface area (Å²) in [5, 5.41) is 24.9. The summed E-state index contributed by atoms with van der Waals surface area (Å²) < 4.78 is 0. The Morgan fingerprint density at radius 3 is 1.65 bits per heavy atom. The van der Waals surface area contributed by atoms with E-state index in [-0.39, 0.29) is 25.7 Å². The lowest BCUT2D eigenvalue weighted by Gasteiger charge is -2.25. The third-order valence-electron chi connectivity index (χ3n) is 4.59. The van der Waals surface area contributed by atoms with E-state index in [0.29, 0.717) is 0 Å². The smallest absolute Gasteiger partial charge is 0.326 e. The molecule has 4 unspecified atom stereocenters. The van der Waals surface area contributed by atoms with Gasteiger partial charge in [-0.2, -0.15) is 0 Å². The zero-order valence-corrected chi connectivity index (χ0v) is 18.9. The minimum Gasteiger partial charge on any atom is -0.481 e. The monoisotopic (exact) mass is 488 g/mol. The van der Waals surface area contributed by atoms with E-state index in [1.54, 1.807) is 0 Å². The van der Waals surface area contributed by atoms with Crippen LogP contribution in [-0.2, 0) is 33.6 Å². The summed E-state index contributed by atoms with van der Waals surface area (Å²) in [4.78, 5) is 82.1. The van der Waals surface area contributed by atoms with Gasteiger partial charge in [-0.05, 0) is 18.8 Å². The molecule has 0 aromatic heterocycles. The third-order valence-corrected chi connectivity index (χ3v) is 4.59. The first-order chi connectivity index (χ1) is 15.6. The Morgan fingerprint density at radius 2 is 1.21 bits per heavy atom. The highest BCUT2D eigenvalue weighted by Crippen LogP contribution is 2.06. The number of rotatable bonds is 16. The van der Waals surface area contributed by atoms with Crippen LogP contribution in [0, 0.1) is 5.92 Å². The van der Waals surface area contributed by atoms with Crippen molar-refractivity contribution in [1.29, 1.82) is 0 Å². The van der Waals surface area contributed by atoms with Gasteiger partial charge < -0.3 is 43.4 Å². The normalized spacial score (nSPS) is 14.2. The minimum absolute atomic E-state index is 0.155. The number of carboxylic acid groups (broad SMARTS) is 2. The number of nitrogens with two attached hydrogens (primary N) is 3. The Labute approximate surface area is 195 Å². The molecule has 192 valence electrons. The molecule has 0 aromatic carbocycles. The van der Waals surface area contributed by atoms with E-state index in [2.05, 4.69) is 16.0 Å². The molecule has 0 fully saturated rings. The van der Waals surface area contributed by atoms with Crippen molar-refractivity contribution in [2.75, 3.05) is 0 Å². The van der Waals surface area contributed by atoms with E-state index in [9.17, 15) is 38.7 Å². The van der Waals surface area contributed by atoms with E-state index < -0.39 is 78.0 Å². The maximum Gasteiger partial charge on any atom is 0.326 e. The molecule has 0 aliphatic carbocycles. The molecule has 15 heteroatoms. The van der Waals surface area contributed by atoms with Crippen LogP contribution in [0.1, 0.15) is 46.0 Å². The Morgan fingerprint density at radius 1 is 0.735 bits per heavy atom. The van der Waals surface area contributed by atoms with Gasteiger partial charge in [-0.15, -0.1) is 0 Å². The van der Waals surface area contributed by atoms with Gasteiger partial charge in [-0.1, -0.05) is 13.8 Å². The number of hydrogen-bond donors (Lipinski definition) is 8. The number of nitrogens with one attached hydrogen (secondary N) is 3. The van der Waals surface area contributed by atoms with Crippen LogP contribution in [0.15, 0.2) is 0 Å². The first kappa shape index (κ1) is 30.2. The zero-order valence-electron chi connectivity index (χ0n) is 18.9. The fourth-order valence-electron chi connectivity index (χ4n) is 2.69. The number of carboxylic acids is 2. The van der Waals surface area contributed by atoms with Crippen LogP contribution in [0.25, 0.3) is 0 Å². The predicted octanol–water partition coefficient (Wildman–Crippen LogP) is -3.49. The number of aliphatic carboxylic acids is 2. The van der Waals surface area contributed by atoms with Gasteiger partial charge >= 0.3 is 11.9 Å². The lowest BCUT2D eigenvalue weighted by Crippen LogP contribution is -2.58. The van der Waals surface area contributed by atoms with Crippen molar-refractivity contribution < 1.29 is 43.8 Å². The average Bonchev–Trinajstić information content (AvgIpc) is 2.70. The van der Waals surface area contributed by atoms with E-state index in [0.717, 1.165) is 0 Å². The van der Waals surface area contributed by atoms with Gasteiger partial charge in [0.25, 0.3) is 0 Å². The van der Waals surface area contributed by atoms with E-state index in [4.69, 9.17) is 22.3 Å². The van der Waals surface area contributed by atoms with E-state index >= 15 is 0 Å². The molecular formula is C19H32N6O9. The number of carbonyl (C=O) groups is 7. The summed E-state index contributed by atoms with van der Waals surface area (Å²) >= 11 is 0. The van der Waals surface area contributed by atoms with Crippen molar-refractivity contribution >= 4 is 41.5 Å². The molecule has 4 atom stereocenters. The summed E-state index contributed by atoms with van der Waals surface area (Å²) in [6.45, 7) is 3.08. The molecule has 0 bridgehead atoms. The molecule has 0 heterocycles. The fraction of sp³-hybridized carbons (Fsp3) is 0.632. The second-order valence-corrected chi connectivity index (χ2v) is 7.91. The number of carbonyl (C=O) groups excluding carboxylic acids is 5. The predicted molar refractivity (Wildman–Crippen MR) is 115 cm³/mol. The molecule has 0 spiro atoms. The Kier molecular flexibility index (Phi) is 12.8. The topological polar surface area (TPSA) is 274 Å². The van der Waals surface area contributed by atoms with Crippen molar-refractivity contribution in [3.05, 3.63) is 0 Å². The Hall–Kier alpha value is -3.75. The maximum absolute atomic E-state index is 12.7. The van der Waals surface area contributed by atoms with Gasteiger partial charge in [0.05, 0.1) is 12.5 Å². The van der Waals surface area contributed by atoms with E-state index in [1.807, 2.05) is 0 Å². The van der Waals surface area contributed by atoms with Crippen molar-refractivity contribution in [3.8, 4) is 0 Å². The van der Waals surface area contributed by atoms with Crippen LogP contribution in [-0.4, -0.2) is 75.9 Å². The van der Waals surface area contributed by atoms with Gasteiger partial charge in [-0.25, -0.2) is 4.79 Å². The number of primary amides is 2. The molecule has 0 aliphatic heterocycles. The molecule has 0 radical (unpaired) electrons. The van der Waals surface area contributed by atoms with Gasteiger partial charge in [0.1, 0.15) is 18.1 Å². The molecule has 0 saturated carbocycles. The highest BCUT2D eigenvalue weighted by Gasteiger charge is 2.32. The quantitative estimate of drug-likeness (QED) is 0.106. The van der Waals surface area contributed by atoms with Crippen LogP contribution < -0.4 is 33.2 Å². The first-order valence-electron chi connectivity index (χ1n) is 10.3. The molecule has 0 aliphatic rings. The third kappa shape index (κ3) is 11.8. The number of hydrogen-bond acceptors (Lipinski definition) is 8. The molecular weight excluding hydrogens is 456 g/mol. The molecule has 11 N–H and O–H groups in total. The summed E-state index contributed by atoms with van der Waals surface area (Å²) in [6, 6.07) is -5.71. The second kappa shape index (κ2) is 14.4. The molecule has 34 heavy (non-hydrogen) atoms. The molecule has 15 nitrogen and oxygen atoms in total. The van der Waals surface area contributed by atoms with Gasteiger partial charge in [0.15, 0.2) is 0 Å². The van der Waals surface area contributed by atoms with Crippen molar-refractivity contribution in [2.45, 2.75) is 70.1 Å². The van der Waals surface area contributed by atoms with Crippen LogP contribution >= 0.6 is 0 Å². The molecule has 0 rings (SSSR count). The highest BCUT2D eigenvalue weighted by atomic mass is 16.4. The Bertz CT molecular complexity index is 801. The van der Waals surface area contributed by atoms with Gasteiger partial charge in [-0.3, -0.25) is 28.8 Å². The summed E-state index contributed by atoms with van der Waals surface area (Å²) in [7, 11) is 0. The van der Waals surface area contributed by atoms with Gasteiger partial charge in [0, 0.05) is 12.8 Å². The average molecular weight is 488 g/mol. The van der Waals surface area contributed by atoms with Crippen LogP contribution in [0.4, 0.5) is 0 Å². The minimum atomic E-state index is -1.67. The molecule has 0 saturated heterocycles. The second-order valence-electron chi connectivity index (χ2n) is 7.91. The molecule has 5 amide bonds. The lowest BCUT2D eigenvalue weighted by molar-refractivity contribution is -0.144. The highest BCUT2D eigenvalue weighted by molar-refractivity contribution is 5.96. The van der Waals surface area contributed by atoms with Crippen LogP contribution in [0.5, 0.6) is 0 Å². The standard InChI is InChI=1S/C19H32N6O9/c1-8(2)15(19(33)34)25-17(31)10(4-6-13(22)27)23-18(32)11(7-14(28)29)24-16(30)9(20)3-5-12(21)26/h8-11,15H,3-7,20H2,1-2H3,(H2,21,26)(H2,22,27)(H,23,32)(H,24,30)(H,25,31)(H,28,29)(H,33,34). The largest absolute Gasteiger partial charge is 0.481 e. The van der Waals surface area contributed by atoms with Crippen molar-refractivity contribution in [3.63, 3.8) is 0 Å². The number of amides is 5. The SMILES string of the molecule is CC(C)C(NC(=O)C(CCC(N)=O)NC(=O)C(CC(=O)O)NC(=O)C(N)CCC(N)=O)C(=O)O. The van der Waals surface area contributed by atoms with Crippen LogP contribution in [0.2, 0.25) is 0 Å². The zero-order chi connectivity index (χ0) is 26.6. The summed E-state index contributed by atoms with van der Waals surface area (Å²) in [5.41, 5.74) is 15.7. The van der Waals surface area contributed by atoms with E-state index in [1.165, 1.54) is 13.8 Å². The molecule has 0 aromatic rings. The van der Waals surface area contributed by atoms with Gasteiger partial charge in [0.2, 0.25) is 29.5 Å². The summed E-state index contributed by atoms with van der Waals surface area (Å²) in [5.74, 6) is -7.82. The van der Waals surface area contributed by atoms with Crippen molar-refractivity contribution in [2.24, 2.45) is 23.1 Å². The lowest BCUT2D eigenvalue weighted by atomic mass is 10.0. The van der Waals surface area contributed by atoms with Crippen molar-refractivity contribution in [1.82, 2.24) is 16.0 Å². The Balaban J connectivity index is 5.56. The maximum atomic E-state index is 12.7. The summed E-state index contributed by atoms with van der Waals surface area (Å²) in [6.07, 6.45) is -1.93. The van der Waals surface area contributed by atoms with Crippen LogP contribution in [0.3, 0.4) is 0 Å². The first-order valence-corrected chi connectivity index (χ1v) is 10.3.